The third kappa shape index (κ3) is 4.13. The average Bonchev–Trinajstić information content (AvgIpc) is 2.25. The van der Waals surface area contributed by atoms with Gasteiger partial charge in [0.1, 0.15) is 0 Å². The molecule has 0 amide bonds. The minimum Gasteiger partial charge on any atom is -0.316 e. The number of benzene rings is 1. The zero-order valence-electron chi connectivity index (χ0n) is 9.83. The topological polar surface area (TPSA) is 27.3 Å². The summed E-state index contributed by atoms with van der Waals surface area (Å²) in [5.74, 6) is 0. The Hall–Kier alpha value is -0.683. The van der Waals surface area contributed by atoms with Gasteiger partial charge >= 0.3 is 0 Å². The maximum Gasteiger partial charge on any atom is 0.220 e. The number of hydrogen-bond acceptors (Lipinski definition) is 3. The molecule has 15 heavy (non-hydrogen) atoms. The molecule has 0 fully saturated rings. The first kappa shape index (κ1) is 12.4. The maximum atomic E-state index is 3.59. The zero-order valence-corrected chi connectivity index (χ0v) is 11.0. The van der Waals surface area contributed by atoms with E-state index in [1.54, 1.807) is 0 Å². The van der Waals surface area contributed by atoms with Crippen LogP contribution in [0.1, 0.15) is 6.92 Å². The Balaban J connectivity index is 2.58. The third-order valence-corrected chi connectivity index (χ3v) is 4.94. The van der Waals surface area contributed by atoms with Crippen LogP contribution in [0.25, 0.3) is 0 Å². The van der Waals surface area contributed by atoms with Gasteiger partial charge in [-0.2, -0.15) is 0 Å². The van der Waals surface area contributed by atoms with Crippen LogP contribution in [-0.4, -0.2) is 41.0 Å². The standard InChI is InChI=1S/C11H21N3Si/c1-4-12-10-13-15(14(2)3)11-8-6-5-7-9-11/h5-9,12-13,15H,4,10H2,1-3H3. The minimum atomic E-state index is -1.18. The molecular weight excluding hydrogens is 202 g/mol. The highest BCUT2D eigenvalue weighted by molar-refractivity contribution is 6.68. The number of nitrogens with one attached hydrogen (secondary N) is 2. The summed E-state index contributed by atoms with van der Waals surface area (Å²) in [6, 6.07) is 10.7. The molecule has 2 N–H and O–H groups in total. The average molecular weight is 223 g/mol. The molecule has 84 valence electrons. The van der Waals surface area contributed by atoms with E-state index < -0.39 is 9.12 Å². The zero-order chi connectivity index (χ0) is 11.1. The summed E-state index contributed by atoms with van der Waals surface area (Å²) >= 11 is 0. The molecule has 4 heteroatoms. The summed E-state index contributed by atoms with van der Waals surface area (Å²) < 4.78 is 2.31. The van der Waals surface area contributed by atoms with Gasteiger partial charge in [-0.1, -0.05) is 37.3 Å². The van der Waals surface area contributed by atoms with Crippen molar-refractivity contribution in [2.75, 3.05) is 27.3 Å². The van der Waals surface area contributed by atoms with Gasteiger partial charge in [0.15, 0.2) is 0 Å². The van der Waals surface area contributed by atoms with Gasteiger partial charge in [-0.3, -0.25) is 0 Å². The molecule has 1 unspecified atom stereocenters. The van der Waals surface area contributed by atoms with E-state index in [-0.39, 0.29) is 0 Å². The molecule has 1 rings (SSSR count). The third-order valence-electron chi connectivity index (χ3n) is 2.30. The molecule has 0 heterocycles. The summed E-state index contributed by atoms with van der Waals surface area (Å²) in [4.78, 5) is 3.59. The van der Waals surface area contributed by atoms with Crippen molar-refractivity contribution in [1.82, 2.24) is 14.9 Å². The van der Waals surface area contributed by atoms with Crippen molar-refractivity contribution in [2.24, 2.45) is 0 Å². The summed E-state index contributed by atoms with van der Waals surface area (Å²) in [6.07, 6.45) is 0. The molecule has 0 aromatic heterocycles. The fourth-order valence-electron chi connectivity index (χ4n) is 1.53. The Morgan fingerprint density at radius 2 is 1.87 bits per heavy atom. The molecule has 1 aromatic carbocycles. The molecule has 0 saturated heterocycles. The Bertz CT molecular complexity index is 264. The molecule has 0 aliphatic heterocycles. The van der Waals surface area contributed by atoms with E-state index in [1.165, 1.54) is 5.19 Å². The molecule has 3 nitrogen and oxygen atoms in total. The lowest BCUT2D eigenvalue weighted by atomic mass is 10.4. The Labute approximate surface area is 94.3 Å². The van der Waals surface area contributed by atoms with Gasteiger partial charge in [-0.25, -0.2) is 0 Å². The summed E-state index contributed by atoms with van der Waals surface area (Å²) in [6.45, 7) is 4.02. The van der Waals surface area contributed by atoms with Crippen molar-refractivity contribution in [2.45, 2.75) is 6.92 Å². The van der Waals surface area contributed by atoms with Crippen molar-refractivity contribution in [3.05, 3.63) is 30.3 Å². The largest absolute Gasteiger partial charge is 0.316 e. The van der Waals surface area contributed by atoms with Crippen molar-refractivity contribution in [3.63, 3.8) is 0 Å². The molecular formula is C11H21N3Si. The van der Waals surface area contributed by atoms with Crippen LogP contribution < -0.4 is 15.5 Å². The Morgan fingerprint density at radius 3 is 2.40 bits per heavy atom. The maximum absolute atomic E-state index is 3.59. The van der Waals surface area contributed by atoms with Crippen LogP contribution in [0.4, 0.5) is 0 Å². The predicted octanol–water partition coefficient (Wildman–Crippen LogP) is -0.168. The molecule has 0 aliphatic carbocycles. The highest BCUT2D eigenvalue weighted by Crippen LogP contribution is 1.88. The molecule has 0 aliphatic rings. The van der Waals surface area contributed by atoms with Crippen LogP contribution in [0, 0.1) is 0 Å². The van der Waals surface area contributed by atoms with Gasteiger partial charge in [0.25, 0.3) is 0 Å². The molecule has 0 spiro atoms. The van der Waals surface area contributed by atoms with E-state index in [9.17, 15) is 0 Å². The van der Waals surface area contributed by atoms with Crippen molar-refractivity contribution in [3.8, 4) is 0 Å². The number of nitrogens with zero attached hydrogens (tertiary/aromatic N) is 1. The van der Waals surface area contributed by atoms with Crippen LogP contribution in [-0.2, 0) is 0 Å². The van der Waals surface area contributed by atoms with Crippen molar-refractivity contribution < 1.29 is 0 Å². The first-order valence-electron chi connectivity index (χ1n) is 5.41. The highest BCUT2D eigenvalue weighted by Gasteiger charge is 2.14. The summed E-state index contributed by atoms with van der Waals surface area (Å²) in [7, 11) is 3.11. The van der Waals surface area contributed by atoms with Crippen molar-refractivity contribution in [1.29, 1.82) is 0 Å². The van der Waals surface area contributed by atoms with Crippen molar-refractivity contribution >= 4 is 14.3 Å². The van der Waals surface area contributed by atoms with E-state index in [4.69, 9.17) is 0 Å². The lowest BCUT2D eigenvalue weighted by Crippen LogP contribution is -2.57. The normalized spacial score (nSPS) is 13.1. The van der Waals surface area contributed by atoms with Gasteiger partial charge in [0.2, 0.25) is 9.12 Å². The van der Waals surface area contributed by atoms with Crippen LogP contribution in [0.5, 0.6) is 0 Å². The van der Waals surface area contributed by atoms with E-state index in [0.717, 1.165) is 13.2 Å². The lowest BCUT2D eigenvalue weighted by Gasteiger charge is -2.24. The Morgan fingerprint density at radius 1 is 1.20 bits per heavy atom. The lowest BCUT2D eigenvalue weighted by molar-refractivity contribution is 0.605. The second kappa shape index (κ2) is 6.74. The fraction of sp³-hybridized carbons (Fsp3) is 0.455. The van der Waals surface area contributed by atoms with Crippen LogP contribution in [0.15, 0.2) is 30.3 Å². The van der Waals surface area contributed by atoms with Gasteiger partial charge in [0.05, 0.1) is 0 Å². The van der Waals surface area contributed by atoms with Gasteiger partial charge in [0, 0.05) is 6.67 Å². The Kier molecular flexibility index (Phi) is 5.56. The van der Waals surface area contributed by atoms with Gasteiger partial charge < -0.3 is 14.9 Å². The van der Waals surface area contributed by atoms with Gasteiger partial charge in [-0.05, 0) is 25.8 Å². The predicted molar refractivity (Wildman–Crippen MR) is 68.6 cm³/mol. The number of hydrogen-bond donors (Lipinski definition) is 2. The minimum absolute atomic E-state index is 0.889. The van der Waals surface area contributed by atoms with E-state index >= 15 is 0 Å². The number of rotatable bonds is 6. The SMILES string of the molecule is CCNCN[SiH](c1ccccc1)N(C)C. The second-order valence-electron chi connectivity index (χ2n) is 3.76. The smallest absolute Gasteiger partial charge is 0.220 e. The first-order valence-corrected chi connectivity index (χ1v) is 7.08. The summed E-state index contributed by atoms with van der Waals surface area (Å²) in [5.41, 5.74) is 0. The molecule has 0 radical (unpaired) electrons. The van der Waals surface area contributed by atoms with Crippen LogP contribution in [0.3, 0.4) is 0 Å². The quantitative estimate of drug-likeness (QED) is 0.398. The molecule has 0 saturated carbocycles. The molecule has 1 atom stereocenters. The monoisotopic (exact) mass is 223 g/mol. The highest BCUT2D eigenvalue weighted by atomic mass is 28.3. The van der Waals surface area contributed by atoms with E-state index in [2.05, 4.69) is 66.2 Å². The van der Waals surface area contributed by atoms with Gasteiger partial charge in [-0.15, -0.1) is 0 Å². The molecule has 1 aromatic rings. The molecule has 0 bridgehead atoms. The first-order chi connectivity index (χ1) is 7.25. The van der Waals surface area contributed by atoms with E-state index in [1.807, 2.05) is 0 Å². The summed E-state index contributed by atoms with van der Waals surface area (Å²) in [5, 5.41) is 4.73. The van der Waals surface area contributed by atoms with Crippen LogP contribution in [0.2, 0.25) is 0 Å². The fourth-order valence-corrected chi connectivity index (χ4v) is 3.65. The van der Waals surface area contributed by atoms with Crippen LogP contribution >= 0.6 is 0 Å². The second-order valence-corrected chi connectivity index (χ2v) is 6.67. The van der Waals surface area contributed by atoms with E-state index in [0.29, 0.717) is 0 Å².